The Hall–Kier alpha value is -2.06. The van der Waals surface area contributed by atoms with Crippen LogP contribution in [0.1, 0.15) is 36.5 Å². The fourth-order valence-electron chi connectivity index (χ4n) is 3.77. The van der Waals surface area contributed by atoms with E-state index in [0.29, 0.717) is 25.9 Å². The number of carboxylic acid groups (broad SMARTS) is 1. The van der Waals surface area contributed by atoms with Crippen molar-refractivity contribution in [2.24, 2.45) is 0 Å². The molecule has 8 heteroatoms. The Morgan fingerprint density at radius 2 is 1.96 bits per heavy atom. The molecule has 2 fully saturated rings. The van der Waals surface area contributed by atoms with E-state index in [1.165, 1.54) is 4.90 Å². The summed E-state index contributed by atoms with van der Waals surface area (Å²) in [5, 5.41) is 9.51. The van der Waals surface area contributed by atoms with Crippen molar-refractivity contribution in [3.63, 3.8) is 0 Å². The number of nitrogens with zero attached hydrogens (tertiary/aromatic N) is 2. The third-order valence-electron chi connectivity index (χ3n) is 5.11. The lowest BCUT2D eigenvalue weighted by atomic mass is 9.96. The molecule has 142 valence electrons. The number of hydrogen-bond acceptors (Lipinski definition) is 4. The molecule has 6 nitrogen and oxygen atoms in total. The molecule has 2 saturated heterocycles. The molecule has 2 aliphatic heterocycles. The molecule has 1 amide bonds. The number of likely N-dealkylation sites (tertiary alicyclic amines) is 1. The van der Waals surface area contributed by atoms with Crippen molar-refractivity contribution >= 4 is 11.9 Å². The summed E-state index contributed by atoms with van der Waals surface area (Å²) in [6.07, 6.45) is 1.96. The standard InChI is InChI=1S/C18H22F2N2O4/c1-2-7-21-8-5-18(6-9-21)22(15(11-26-18)17(24)25)16(23)12-3-4-13(19)14(20)10-12/h3-4,10,15H,2,5-9,11H2,1H3,(H,24,25)/t15-/m1/s1. The molecule has 0 bridgehead atoms. The summed E-state index contributed by atoms with van der Waals surface area (Å²) >= 11 is 0. The van der Waals surface area contributed by atoms with Gasteiger partial charge in [0, 0.05) is 31.5 Å². The second-order valence-electron chi connectivity index (χ2n) is 6.76. The van der Waals surface area contributed by atoms with Gasteiger partial charge in [-0.3, -0.25) is 9.69 Å². The van der Waals surface area contributed by atoms with Crippen molar-refractivity contribution in [2.45, 2.75) is 38.0 Å². The Kier molecular flexibility index (Phi) is 5.24. The first-order valence-corrected chi connectivity index (χ1v) is 8.76. The highest BCUT2D eigenvalue weighted by molar-refractivity contribution is 5.97. The number of piperidine rings is 1. The van der Waals surface area contributed by atoms with Gasteiger partial charge in [-0.2, -0.15) is 0 Å². The first kappa shape index (κ1) is 18.7. The predicted molar refractivity (Wildman–Crippen MR) is 88.6 cm³/mol. The number of aliphatic carboxylic acids is 1. The molecule has 0 aromatic heterocycles. The SMILES string of the molecule is CCCN1CCC2(CC1)OC[C@H](C(=O)O)N2C(=O)c1ccc(F)c(F)c1. The van der Waals surface area contributed by atoms with Gasteiger partial charge < -0.3 is 14.7 Å². The number of carbonyl (C=O) groups is 2. The van der Waals surface area contributed by atoms with Gasteiger partial charge in [0.15, 0.2) is 17.7 Å². The summed E-state index contributed by atoms with van der Waals surface area (Å²) in [6.45, 7) is 4.26. The van der Waals surface area contributed by atoms with Gasteiger partial charge >= 0.3 is 5.97 Å². The topological polar surface area (TPSA) is 70.1 Å². The highest BCUT2D eigenvalue weighted by Crippen LogP contribution is 2.38. The van der Waals surface area contributed by atoms with Crippen LogP contribution < -0.4 is 0 Å². The third kappa shape index (κ3) is 3.31. The van der Waals surface area contributed by atoms with Crippen LogP contribution in [0, 0.1) is 11.6 Å². The predicted octanol–water partition coefficient (Wildman–Crippen LogP) is 2.09. The molecule has 0 unspecified atom stereocenters. The summed E-state index contributed by atoms with van der Waals surface area (Å²) in [5.74, 6) is -4.03. The van der Waals surface area contributed by atoms with E-state index in [1.807, 2.05) is 0 Å². The molecule has 1 N–H and O–H groups in total. The number of ether oxygens (including phenoxy) is 1. The lowest BCUT2D eigenvalue weighted by Crippen LogP contribution is -2.58. The molecule has 0 saturated carbocycles. The molecular weight excluding hydrogens is 346 g/mol. The van der Waals surface area contributed by atoms with Crippen molar-refractivity contribution in [3.05, 3.63) is 35.4 Å². The van der Waals surface area contributed by atoms with Gasteiger partial charge in [0.1, 0.15) is 5.72 Å². The molecule has 1 spiro atoms. The summed E-state index contributed by atoms with van der Waals surface area (Å²) in [4.78, 5) is 28.1. The van der Waals surface area contributed by atoms with Crippen LogP contribution in [-0.2, 0) is 9.53 Å². The van der Waals surface area contributed by atoms with E-state index in [1.54, 1.807) is 0 Å². The molecule has 2 aliphatic rings. The first-order valence-electron chi connectivity index (χ1n) is 8.76. The highest BCUT2D eigenvalue weighted by atomic mass is 19.2. The van der Waals surface area contributed by atoms with Crippen LogP contribution in [-0.4, -0.2) is 64.8 Å². The molecule has 2 heterocycles. The molecular formula is C18H22F2N2O4. The zero-order chi connectivity index (χ0) is 18.9. The second-order valence-corrected chi connectivity index (χ2v) is 6.76. The molecule has 26 heavy (non-hydrogen) atoms. The number of halogens is 2. The lowest BCUT2D eigenvalue weighted by Gasteiger charge is -2.44. The van der Waals surface area contributed by atoms with E-state index < -0.39 is 35.3 Å². The molecule has 3 rings (SSSR count). The fourth-order valence-corrected chi connectivity index (χ4v) is 3.77. The van der Waals surface area contributed by atoms with Crippen LogP contribution in [0.4, 0.5) is 8.78 Å². The van der Waals surface area contributed by atoms with Crippen molar-refractivity contribution in [1.29, 1.82) is 0 Å². The van der Waals surface area contributed by atoms with Crippen LogP contribution in [0.3, 0.4) is 0 Å². The number of carbonyl (C=O) groups excluding carboxylic acids is 1. The number of hydrogen-bond donors (Lipinski definition) is 1. The summed E-state index contributed by atoms with van der Waals surface area (Å²) in [5.41, 5.74) is -1.11. The fraction of sp³-hybridized carbons (Fsp3) is 0.556. The Morgan fingerprint density at radius 3 is 2.54 bits per heavy atom. The van der Waals surface area contributed by atoms with E-state index in [4.69, 9.17) is 4.74 Å². The van der Waals surface area contributed by atoms with Crippen molar-refractivity contribution in [2.75, 3.05) is 26.2 Å². The average molecular weight is 368 g/mol. The van der Waals surface area contributed by atoms with Gasteiger partial charge in [0.2, 0.25) is 0 Å². The maximum atomic E-state index is 13.6. The van der Waals surface area contributed by atoms with Crippen LogP contribution in [0.25, 0.3) is 0 Å². The molecule has 1 atom stereocenters. The minimum Gasteiger partial charge on any atom is -0.480 e. The normalized spacial score (nSPS) is 22.7. The van der Waals surface area contributed by atoms with Gasteiger partial charge in [-0.15, -0.1) is 0 Å². The monoisotopic (exact) mass is 368 g/mol. The number of carboxylic acids is 1. The van der Waals surface area contributed by atoms with Gasteiger partial charge in [-0.1, -0.05) is 6.92 Å². The van der Waals surface area contributed by atoms with Crippen molar-refractivity contribution in [1.82, 2.24) is 9.80 Å². The first-order chi connectivity index (χ1) is 12.4. The maximum Gasteiger partial charge on any atom is 0.328 e. The zero-order valence-corrected chi connectivity index (χ0v) is 14.6. The quantitative estimate of drug-likeness (QED) is 0.881. The molecule has 1 aromatic rings. The largest absolute Gasteiger partial charge is 0.480 e. The Balaban J connectivity index is 1.89. The van der Waals surface area contributed by atoms with Crippen LogP contribution in [0.5, 0.6) is 0 Å². The van der Waals surface area contributed by atoms with Gasteiger partial charge in [0.05, 0.1) is 6.61 Å². The summed E-state index contributed by atoms with van der Waals surface area (Å²) < 4.78 is 32.6. The van der Waals surface area contributed by atoms with Crippen molar-refractivity contribution < 1.29 is 28.2 Å². The van der Waals surface area contributed by atoms with Gasteiger partial charge in [-0.25, -0.2) is 13.6 Å². The van der Waals surface area contributed by atoms with E-state index in [2.05, 4.69) is 11.8 Å². The Labute approximate surface area is 150 Å². The number of amides is 1. The van der Waals surface area contributed by atoms with Crippen molar-refractivity contribution in [3.8, 4) is 0 Å². The van der Waals surface area contributed by atoms with E-state index in [-0.39, 0.29) is 12.2 Å². The molecule has 0 aliphatic carbocycles. The third-order valence-corrected chi connectivity index (χ3v) is 5.11. The number of benzene rings is 1. The highest BCUT2D eigenvalue weighted by Gasteiger charge is 2.54. The Morgan fingerprint density at radius 1 is 1.27 bits per heavy atom. The average Bonchev–Trinajstić information content (AvgIpc) is 2.98. The van der Waals surface area contributed by atoms with E-state index in [0.717, 1.165) is 31.2 Å². The minimum absolute atomic E-state index is 0.0870. The Bertz CT molecular complexity index is 704. The molecule has 0 radical (unpaired) electrons. The van der Waals surface area contributed by atoms with E-state index in [9.17, 15) is 23.5 Å². The lowest BCUT2D eigenvalue weighted by molar-refractivity contribution is -0.143. The maximum absolute atomic E-state index is 13.6. The van der Waals surface area contributed by atoms with Gasteiger partial charge in [0.25, 0.3) is 5.91 Å². The summed E-state index contributed by atoms with van der Waals surface area (Å²) in [7, 11) is 0. The smallest absolute Gasteiger partial charge is 0.328 e. The number of rotatable bonds is 4. The second kappa shape index (κ2) is 7.28. The van der Waals surface area contributed by atoms with E-state index >= 15 is 0 Å². The van der Waals surface area contributed by atoms with Crippen LogP contribution >= 0.6 is 0 Å². The minimum atomic E-state index is -1.17. The van der Waals surface area contributed by atoms with Crippen LogP contribution in [0.2, 0.25) is 0 Å². The van der Waals surface area contributed by atoms with Crippen LogP contribution in [0.15, 0.2) is 18.2 Å². The van der Waals surface area contributed by atoms with Gasteiger partial charge in [-0.05, 0) is 31.2 Å². The molecule has 1 aromatic carbocycles. The summed E-state index contributed by atoms with van der Waals surface area (Å²) in [6, 6.07) is 1.69. The zero-order valence-electron chi connectivity index (χ0n) is 14.6.